The van der Waals surface area contributed by atoms with Gasteiger partial charge in [-0.05, 0) is 61.7 Å². The fourth-order valence-electron chi connectivity index (χ4n) is 2.95. The number of nitrogens with one attached hydrogen (secondary N) is 1. The van der Waals surface area contributed by atoms with Crippen LogP contribution in [0.1, 0.15) is 39.2 Å². The van der Waals surface area contributed by atoms with Gasteiger partial charge in [-0.3, -0.25) is 9.59 Å². The number of hydrogen-bond donors (Lipinski definition) is 1. The van der Waals surface area contributed by atoms with E-state index in [1.54, 1.807) is 18.2 Å². The molecule has 1 N–H and O–H groups in total. The summed E-state index contributed by atoms with van der Waals surface area (Å²) in [4.78, 5) is 27.4. The van der Waals surface area contributed by atoms with E-state index in [-0.39, 0.29) is 31.0 Å². The van der Waals surface area contributed by atoms with Gasteiger partial charge in [-0.2, -0.15) is 0 Å². The fraction of sp³-hybridized carbons (Fsp3) is 0.391. The molecule has 0 fully saturated rings. The third kappa shape index (κ3) is 7.40. The summed E-state index contributed by atoms with van der Waals surface area (Å²) >= 11 is 12.1. The molecule has 0 unspecified atom stereocenters. The Morgan fingerprint density at radius 3 is 2.32 bits per heavy atom. The van der Waals surface area contributed by atoms with Crippen LogP contribution in [-0.4, -0.2) is 35.4 Å². The van der Waals surface area contributed by atoms with Gasteiger partial charge < -0.3 is 15.0 Å². The number of hydrogen-bond acceptors (Lipinski definition) is 3. The normalized spacial score (nSPS) is 12.7. The SMILES string of the molecule is CC[C@H](C(=O)N[C@@H](C)CC)N(Cc1ccc(Cl)c(Cl)c1)C(=O)COc1ccc(F)cc1. The van der Waals surface area contributed by atoms with Crippen molar-refractivity contribution in [2.45, 2.75) is 52.2 Å². The van der Waals surface area contributed by atoms with Gasteiger partial charge in [0.1, 0.15) is 17.6 Å². The Morgan fingerprint density at radius 2 is 1.74 bits per heavy atom. The highest BCUT2D eigenvalue weighted by molar-refractivity contribution is 6.42. The van der Waals surface area contributed by atoms with Crippen LogP contribution in [0.2, 0.25) is 10.0 Å². The van der Waals surface area contributed by atoms with E-state index in [9.17, 15) is 14.0 Å². The molecule has 0 saturated heterocycles. The molecule has 0 bridgehead atoms. The van der Waals surface area contributed by atoms with Gasteiger partial charge >= 0.3 is 0 Å². The lowest BCUT2D eigenvalue weighted by molar-refractivity contribution is -0.143. The lowest BCUT2D eigenvalue weighted by Crippen LogP contribution is -2.51. The molecule has 8 heteroatoms. The van der Waals surface area contributed by atoms with Gasteiger partial charge in [0.25, 0.3) is 5.91 Å². The summed E-state index contributed by atoms with van der Waals surface area (Å²) in [7, 11) is 0. The van der Waals surface area contributed by atoms with Gasteiger partial charge in [0.2, 0.25) is 5.91 Å². The first-order chi connectivity index (χ1) is 14.7. The monoisotopic (exact) mass is 468 g/mol. The Balaban J connectivity index is 2.23. The molecular formula is C23H27Cl2FN2O3. The van der Waals surface area contributed by atoms with E-state index in [0.29, 0.717) is 22.2 Å². The van der Waals surface area contributed by atoms with Gasteiger partial charge in [-0.15, -0.1) is 0 Å². The molecule has 0 spiro atoms. The van der Waals surface area contributed by atoms with Gasteiger partial charge in [-0.25, -0.2) is 4.39 Å². The molecule has 0 aliphatic carbocycles. The van der Waals surface area contributed by atoms with Crippen LogP contribution in [0.25, 0.3) is 0 Å². The molecular weight excluding hydrogens is 442 g/mol. The second-order valence-electron chi connectivity index (χ2n) is 7.25. The Labute approximate surface area is 192 Å². The van der Waals surface area contributed by atoms with E-state index in [2.05, 4.69) is 5.32 Å². The van der Waals surface area contributed by atoms with Crippen LogP contribution < -0.4 is 10.1 Å². The number of carbonyl (C=O) groups is 2. The number of halogens is 3. The molecule has 2 amide bonds. The zero-order valence-corrected chi connectivity index (χ0v) is 19.3. The average Bonchev–Trinajstić information content (AvgIpc) is 2.75. The average molecular weight is 469 g/mol. The van der Waals surface area contributed by atoms with Crippen molar-refractivity contribution >= 4 is 35.0 Å². The van der Waals surface area contributed by atoms with Gasteiger partial charge in [-0.1, -0.05) is 43.1 Å². The zero-order valence-electron chi connectivity index (χ0n) is 17.8. The summed E-state index contributed by atoms with van der Waals surface area (Å²) in [5.74, 6) is -0.636. The maximum absolute atomic E-state index is 13.1. The third-order valence-electron chi connectivity index (χ3n) is 4.90. The number of benzene rings is 2. The van der Waals surface area contributed by atoms with Gasteiger partial charge in [0, 0.05) is 12.6 Å². The van der Waals surface area contributed by atoms with Crippen LogP contribution in [0.3, 0.4) is 0 Å². The fourth-order valence-corrected chi connectivity index (χ4v) is 3.27. The largest absolute Gasteiger partial charge is 0.484 e. The van der Waals surface area contributed by atoms with Crippen molar-refractivity contribution in [2.24, 2.45) is 0 Å². The molecule has 2 aromatic carbocycles. The summed E-state index contributed by atoms with van der Waals surface area (Å²) in [6.45, 7) is 5.60. The maximum Gasteiger partial charge on any atom is 0.261 e. The molecule has 0 aliphatic rings. The Bertz CT molecular complexity index is 893. The minimum Gasteiger partial charge on any atom is -0.484 e. The second kappa shape index (κ2) is 11.9. The summed E-state index contributed by atoms with van der Waals surface area (Å²) in [5, 5.41) is 3.71. The van der Waals surface area contributed by atoms with E-state index in [1.807, 2.05) is 20.8 Å². The number of amides is 2. The van der Waals surface area contributed by atoms with Crippen molar-refractivity contribution < 1.29 is 18.7 Å². The highest BCUT2D eigenvalue weighted by Crippen LogP contribution is 2.24. The Kier molecular flexibility index (Phi) is 9.59. The van der Waals surface area contributed by atoms with Crippen molar-refractivity contribution in [3.05, 3.63) is 63.9 Å². The first kappa shape index (κ1) is 25.0. The van der Waals surface area contributed by atoms with Crippen LogP contribution in [0, 0.1) is 5.82 Å². The molecule has 0 radical (unpaired) electrons. The maximum atomic E-state index is 13.1. The molecule has 168 valence electrons. The lowest BCUT2D eigenvalue weighted by atomic mass is 10.1. The predicted octanol–water partition coefficient (Wildman–Crippen LogP) is 5.23. The van der Waals surface area contributed by atoms with Crippen molar-refractivity contribution in [1.82, 2.24) is 10.2 Å². The summed E-state index contributed by atoms with van der Waals surface area (Å²) in [5.41, 5.74) is 0.735. The zero-order chi connectivity index (χ0) is 23.0. The van der Waals surface area contributed by atoms with E-state index in [1.165, 1.54) is 29.2 Å². The van der Waals surface area contributed by atoms with Crippen molar-refractivity contribution in [2.75, 3.05) is 6.61 Å². The van der Waals surface area contributed by atoms with E-state index < -0.39 is 11.9 Å². The van der Waals surface area contributed by atoms with Crippen molar-refractivity contribution in [3.8, 4) is 5.75 Å². The number of nitrogens with zero attached hydrogens (tertiary/aromatic N) is 1. The van der Waals surface area contributed by atoms with Crippen molar-refractivity contribution in [1.29, 1.82) is 0 Å². The molecule has 0 heterocycles. The first-order valence-corrected chi connectivity index (χ1v) is 10.9. The Morgan fingerprint density at radius 1 is 1.06 bits per heavy atom. The first-order valence-electron chi connectivity index (χ1n) is 10.2. The molecule has 0 saturated carbocycles. The molecule has 2 atom stereocenters. The van der Waals surface area contributed by atoms with Crippen LogP contribution in [0.5, 0.6) is 5.75 Å². The molecule has 0 aromatic heterocycles. The van der Waals surface area contributed by atoms with E-state index in [4.69, 9.17) is 27.9 Å². The summed E-state index contributed by atoms with van der Waals surface area (Å²) in [6.07, 6.45) is 1.20. The van der Waals surface area contributed by atoms with E-state index in [0.717, 1.165) is 12.0 Å². The van der Waals surface area contributed by atoms with Gasteiger partial charge in [0.05, 0.1) is 10.0 Å². The molecule has 5 nitrogen and oxygen atoms in total. The third-order valence-corrected chi connectivity index (χ3v) is 5.64. The van der Waals surface area contributed by atoms with Crippen LogP contribution in [0.15, 0.2) is 42.5 Å². The predicted molar refractivity (Wildman–Crippen MR) is 121 cm³/mol. The van der Waals surface area contributed by atoms with Gasteiger partial charge in [0.15, 0.2) is 6.61 Å². The number of ether oxygens (including phenoxy) is 1. The van der Waals surface area contributed by atoms with E-state index >= 15 is 0 Å². The summed E-state index contributed by atoms with van der Waals surface area (Å²) in [6, 6.07) is 9.77. The molecule has 0 aliphatic heterocycles. The minimum atomic E-state index is -0.687. The minimum absolute atomic E-state index is 0.0149. The molecule has 2 aromatic rings. The number of carbonyl (C=O) groups excluding carboxylic acids is 2. The van der Waals surface area contributed by atoms with Crippen LogP contribution >= 0.6 is 23.2 Å². The molecule has 31 heavy (non-hydrogen) atoms. The quantitative estimate of drug-likeness (QED) is 0.518. The topological polar surface area (TPSA) is 58.6 Å². The molecule has 2 rings (SSSR count). The highest BCUT2D eigenvalue weighted by Gasteiger charge is 2.29. The smallest absolute Gasteiger partial charge is 0.261 e. The summed E-state index contributed by atoms with van der Waals surface area (Å²) < 4.78 is 18.6. The highest BCUT2D eigenvalue weighted by atomic mass is 35.5. The van der Waals surface area contributed by atoms with Crippen LogP contribution in [0.4, 0.5) is 4.39 Å². The van der Waals surface area contributed by atoms with Crippen molar-refractivity contribution in [3.63, 3.8) is 0 Å². The lowest BCUT2D eigenvalue weighted by Gasteiger charge is -2.31. The number of rotatable bonds is 10. The standard InChI is InChI=1S/C23H27Cl2FN2O3/c1-4-15(3)27-23(30)21(5-2)28(13-16-6-11-19(24)20(25)12-16)22(29)14-31-18-9-7-17(26)8-10-18/h6-12,15,21H,4-5,13-14H2,1-3H3,(H,27,30)/t15-,21+/m0/s1. The Hall–Kier alpha value is -2.31. The van der Waals surface area contributed by atoms with Crippen LogP contribution in [-0.2, 0) is 16.1 Å². The second-order valence-corrected chi connectivity index (χ2v) is 8.07.